The number of carbonyl (C=O) groups is 1. The molecule has 0 unspecified atom stereocenters. The summed E-state index contributed by atoms with van der Waals surface area (Å²) in [7, 11) is 0. The molecule has 1 aliphatic heterocycles. The molecule has 24 heavy (non-hydrogen) atoms. The molecule has 4 nitrogen and oxygen atoms in total. The lowest BCUT2D eigenvalue weighted by Crippen LogP contribution is -2.60. The third-order valence-electron chi connectivity index (χ3n) is 4.74. The van der Waals surface area contributed by atoms with Gasteiger partial charge in [-0.1, -0.05) is 37.3 Å². The van der Waals surface area contributed by atoms with Crippen LogP contribution in [0.3, 0.4) is 0 Å². The highest BCUT2D eigenvalue weighted by molar-refractivity contribution is 5.77. The summed E-state index contributed by atoms with van der Waals surface area (Å²) >= 11 is 0. The Morgan fingerprint density at radius 1 is 1.12 bits per heavy atom. The van der Waals surface area contributed by atoms with Gasteiger partial charge in [-0.15, -0.1) is 0 Å². The molecule has 0 N–H and O–H groups in total. The number of carbonyl (C=O) groups excluding carboxylic acids is 1. The van der Waals surface area contributed by atoms with Crippen molar-refractivity contribution >= 4 is 5.91 Å². The van der Waals surface area contributed by atoms with Crippen LogP contribution in [0.15, 0.2) is 54.9 Å². The van der Waals surface area contributed by atoms with Crippen molar-refractivity contribution in [3.63, 3.8) is 0 Å². The number of aromatic nitrogens is 1. The van der Waals surface area contributed by atoms with Crippen molar-refractivity contribution in [2.75, 3.05) is 19.6 Å². The van der Waals surface area contributed by atoms with Crippen molar-refractivity contribution in [2.24, 2.45) is 0 Å². The number of likely N-dealkylation sites (N-methyl/N-ethyl adjacent to an activating group) is 1. The van der Waals surface area contributed by atoms with Gasteiger partial charge in [-0.05, 0) is 36.2 Å². The Hall–Kier alpha value is -2.20. The van der Waals surface area contributed by atoms with E-state index in [0.717, 1.165) is 32.6 Å². The summed E-state index contributed by atoms with van der Waals surface area (Å²) in [6, 6.07) is 14.8. The van der Waals surface area contributed by atoms with E-state index in [-0.39, 0.29) is 5.91 Å². The van der Waals surface area contributed by atoms with Gasteiger partial charge in [0.05, 0.1) is 0 Å². The molecule has 1 aromatic heterocycles. The number of rotatable bonds is 7. The molecule has 3 rings (SSSR count). The van der Waals surface area contributed by atoms with Gasteiger partial charge in [0.2, 0.25) is 5.91 Å². The van der Waals surface area contributed by atoms with Crippen molar-refractivity contribution in [1.29, 1.82) is 0 Å². The highest BCUT2D eigenvalue weighted by Crippen LogP contribution is 2.19. The molecule has 0 saturated carbocycles. The van der Waals surface area contributed by atoms with E-state index < -0.39 is 0 Å². The normalized spacial score (nSPS) is 14.7. The molecular weight excluding hydrogens is 298 g/mol. The number of likely N-dealkylation sites (tertiary alicyclic amines) is 1. The summed E-state index contributed by atoms with van der Waals surface area (Å²) < 4.78 is 0. The lowest BCUT2D eigenvalue weighted by atomic mass is 10.0. The summed E-state index contributed by atoms with van der Waals surface area (Å²) in [5.41, 5.74) is 2.51. The van der Waals surface area contributed by atoms with Crippen LogP contribution in [-0.2, 0) is 17.8 Å². The van der Waals surface area contributed by atoms with Crippen molar-refractivity contribution in [3.05, 3.63) is 66.0 Å². The molecule has 0 bridgehead atoms. The number of hydrogen-bond donors (Lipinski definition) is 0. The number of pyridine rings is 1. The lowest BCUT2D eigenvalue weighted by Gasteiger charge is -2.45. The van der Waals surface area contributed by atoms with E-state index in [4.69, 9.17) is 0 Å². The van der Waals surface area contributed by atoms with Gasteiger partial charge in [-0.2, -0.15) is 0 Å². The topological polar surface area (TPSA) is 36.4 Å². The van der Waals surface area contributed by atoms with Gasteiger partial charge in [-0.3, -0.25) is 14.7 Å². The van der Waals surface area contributed by atoms with Crippen LogP contribution in [-0.4, -0.2) is 46.4 Å². The summed E-state index contributed by atoms with van der Waals surface area (Å²) in [6.45, 7) is 5.81. The first kappa shape index (κ1) is 16.7. The molecule has 1 aliphatic rings. The maximum absolute atomic E-state index is 12.3. The van der Waals surface area contributed by atoms with E-state index in [9.17, 15) is 4.79 Å². The monoisotopic (exact) mass is 323 g/mol. The molecule has 0 spiro atoms. The van der Waals surface area contributed by atoms with Crippen LogP contribution < -0.4 is 0 Å². The first-order valence-corrected chi connectivity index (χ1v) is 8.71. The van der Waals surface area contributed by atoms with Crippen LogP contribution in [0.25, 0.3) is 0 Å². The standard InChI is InChI=1S/C20H25N3O/c1-2-22(14-18-10-12-21-13-11-18)19-15-23(16-19)20(24)9-8-17-6-4-3-5-7-17/h3-7,10-13,19H,2,8-9,14-16H2,1H3. The summed E-state index contributed by atoms with van der Waals surface area (Å²) in [5, 5.41) is 0. The average molecular weight is 323 g/mol. The van der Waals surface area contributed by atoms with Crippen molar-refractivity contribution in [2.45, 2.75) is 32.4 Å². The summed E-state index contributed by atoms with van der Waals surface area (Å²) in [4.78, 5) is 20.8. The zero-order valence-corrected chi connectivity index (χ0v) is 14.3. The van der Waals surface area contributed by atoms with E-state index in [1.54, 1.807) is 0 Å². The number of benzene rings is 1. The second kappa shape index (κ2) is 8.06. The first-order valence-electron chi connectivity index (χ1n) is 8.71. The fourth-order valence-electron chi connectivity index (χ4n) is 3.17. The Morgan fingerprint density at radius 2 is 1.83 bits per heavy atom. The predicted octanol–water partition coefficient (Wildman–Crippen LogP) is 2.75. The maximum atomic E-state index is 12.3. The SMILES string of the molecule is CCN(Cc1ccncc1)C1CN(C(=O)CCc2ccccc2)C1. The first-order chi connectivity index (χ1) is 11.8. The highest BCUT2D eigenvalue weighted by Gasteiger charge is 2.33. The number of nitrogens with zero attached hydrogens (tertiary/aromatic N) is 3. The van der Waals surface area contributed by atoms with Crippen LogP contribution in [0.5, 0.6) is 0 Å². The summed E-state index contributed by atoms with van der Waals surface area (Å²) in [6.07, 6.45) is 5.11. The lowest BCUT2D eigenvalue weighted by molar-refractivity contribution is -0.138. The Morgan fingerprint density at radius 3 is 2.50 bits per heavy atom. The fourth-order valence-corrected chi connectivity index (χ4v) is 3.17. The van der Waals surface area contributed by atoms with Gasteiger partial charge >= 0.3 is 0 Å². The average Bonchev–Trinajstić information content (AvgIpc) is 2.59. The molecule has 1 saturated heterocycles. The van der Waals surface area contributed by atoms with Gasteiger partial charge in [0.1, 0.15) is 0 Å². The molecule has 2 aromatic rings. The van der Waals surface area contributed by atoms with Gasteiger partial charge in [0.15, 0.2) is 0 Å². The van der Waals surface area contributed by atoms with Gasteiger partial charge < -0.3 is 4.90 Å². The predicted molar refractivity (Wildman–Crippen MR) is 95.5 cm³/mol. The molecule has 1 amide bonds. The number of aryl methyl sites for hydroxylation is 1. The highest BCUT2D eigenvalue weighted by atomic mass is 16.2. The van der Waals surface area contributed by atoms with Crippen LogP contribution in [0.4, 0.5) is 0 Å². The number of hydrogen-bond acceptors (Lipinski definition) is 3. The third-order valence-corrected chi connectivity index (χ3v) is 4.74. The minimum Gasteiger partial charge on any atom is -0.339 e. The van der Waals surface area contributed by atoms with Gasteiger partial charge in [0, 0.05) is 44.5 Å². The van der Waals surface area contributed by atoms with E-state index in [1.807, 2.05) is 35.5 Å². The van der Waals surface area contributed by atoms with Crippen molar-refractivity contribution in [1.82, 2.24) is 14.8 Å². The van der Waals surface area contributed by atoms with Crippen LogP contribution >= 0.6 is 0 Å². The Balaban J connectivity index is 1.44. The quantitative estimate of drug-likeness (QED) is 0.786. The van der Waals surface area contributed by atoms with Crippen LogP contribution in [0.2, 0.25) is 0 Å². The number of amides is 1. The zero-order chi connectivity index (χ0) is 16.8. The van der Waals surface area contributed by atoms with Crippen LogP contribution in [0.1, 0.15) is 24.5 Å². The molecular formula is C20H25N3O. The van der Waals surface area contributed by atoms with E-state index >= 15 is 0 Å². The van der Waals surface area contributed by atoms with Crippen molar-refractivity contribution in [3.8, 4) is 0 Å². The van der Waals surface area contributed by atoms with Crippen LogP contribution in [0, 0.1) is 0 Å². The Kier molecular flexibility index (Phi) is 5.59. The molecule has 0 aliphatic carbocycles. The summed E-state index contributed by atoms with van der Waals surface area (Å²) in [5.74, 6) is 0.273. The fraction of sp³-hybridized carbons (Fsp3) is 0.400. The van der Waals surface area contributed by atoms with E-state index in [0.29, 0.717) is 12.5 Å². The molecule has 4 heteroatoms. The minimum atomic E-state index is 0.273. The Labute approximate surface area is 144 Å². The molecule has 1 aromatic carbocycles. The van der Waals surface area contributed by atoms with E-state index in [2.05, 4.69) is 41.1 Å². The van der Waals surface area contributed by atoms with Crippen molar-refractivity contribution < 1.29 is 4.79 Å². The molecule has 0 radical (unpaired) electrons. The minimum absolute atomic E-state index is 0.273. The van der Waals surface area contributed by atoms with E-state index in [1.165, 1.54) is 11.1 Å². The molecule has 2 heterocycles. The Bertz CT molecular complexity index is 638. The molecule has 1 fully saturated rings. The molecule has 0 atom stereocenters. The maximum Gasteiger partial charge on any atom is 0.223 e. The molecule has 126 valence electrons. The second-order valence-electron chi connectivity index (χ2n) is 6.36. The van der Waals surface area contributed by atoms with Gasteiger partial charge in [0.25, 0.3) is 0 Å². The zero-order valence-electron chi connectivity index (χ0n) is 14.3. The third kappa shape index (κ3) is 4.20. The second-order valence-corrected chi connectivity index (χ2v) is 6.36. The largest absolute Gasteiger partial charge is 0.339 e. The smallest absolute Gasteiger partial charge is 0.223 e. The van der Waals surface area contributed by atoms with Gasteiger partial charge in [-0.25, -0.2) is 0 Å².